The van der Waals surface area contributed by atoms with Crippen LogP contribution in [0.15, 0.2) is 121 Å². The molecule has 0 spiro atoms. The van der Waals surface area contributed by atoms with E-state index in [1.54, 1.807) is 0 Å². The average molecular weight is 1120 g/mol. The lowest BCUT2D eigenvalue weighted by Gasteiger charge is -2.43. The topological polar surface area (TPSA) is 83.6 Å². The number of ether oxygens (including phenoxy) is 4. The number of anilines is 2. The third kappa shape index (κ3) is 8.96. The molecule has 6 aliphatic rings. The maximum Gasteiger partial charge on any atom is 0.338 e. The van der Waals surface area contributed by atoms with Gasteiger partial charge in [0.25, 0.3) is 0 Å². The first-order valence-corrected chi connectivity index (χ1v) is 30.2. The standard InChI is InChI=1S/C74H80N4O6/c1-17-75-59-35-63-55(31-51(59)43(5)39-71(75,9)10)67(56-32-52-44(6)40-72(11,12)76(18-2)60(52)36-64(56)83-63)47-25-21-23-27-49(47)69(79)81-29-30-82-70(80)50-28-24-22-26-48(50)68-57-33-53-45(7)41-73(13,14)77(19-3)61(53)37-65(57)84-66-38-62-54(34-58(66)68)46(8)42-74(15,16)78(62)20-4/h21-28,31-42H,17-20,29-30H2,1-16H3/q+2. The molecule has 0 N–H and O–H groups in total. The highest BCUT2D eigenvalue weighted by Crippen LogP contribution is 2.49. The van der Waals surface area contributed by atoms with E-state index in [1.807, 2.05) is 48.5 Å². The van der Waals surface area contributed by atoms with Crippen LogP contribution in [-0.4, -0.2) is 73.5 Å². The minimum Gasteiger partial charge on any atom is -0.458 e. The number of nitrogens with zero attached hydrogens (tertiary/aromatic N) is 4. The summed E-state index contributed by atoms with van der Waals surface area (Å²) in [6.45, 7) is 38.4. The van der Waals surface area contributed by atoms with E-state index in [0.717, 1.165) is 137 Å². The van der Waals surface area contributed by atoms with E-state index < -0.39 is 11.9 Å². The second kappa shape index (κ2) is 20.2. The van der Waals surface area contributed by atoms with Crippen LogP contribution in [-0.2, 0) is 9.47 Å². The molecular weight excluding hydrogens is 1040 g/mol. The first-order chi connectivity index (χ1) is 39.9. The molecule has 0 unspecified atom stereocenters. The van der Waals surface area contributed by atoms with Gasteiger partial charge in [0.2, 0.25) is 10.7 Å². The molecule has 6 aromatic carbocycles. The molecule has 0 bridgehead atoms. The van der Waals surface area contributed by atoms with Crippen LogP contribution in [0, 0.1) is 0 Å². The number of carbonyl (C=O) groups excluding carboxylic acids is 2. The Morgan fingerprint density at radius 1 is 0.440 bits per heavy atom. The minimum atomic E-state index is -0.522. The van der Waals surface area contributed by atoms with Crippen LogP contribution in [0.25, 0.3) is 33.4 Å². The van der Waals surface area contributed by atoms with E-state index in [1.165, 1.54) is 22.3 Å². The number of carbonyl (C=O) groups is 2. The maximum absolute atomic E-state index is 14.8. The maximum atomic E-state index is 14.8. The monoisotopic (exact) mass is 1120 g/mol. The average Bonchev–Trinajstić information content (AvgIpc) is 0.865. The Labute approximate surface area is 495 Å². The van der Waals surface area contributed by atoms with Gasteiger partial charge in [-0.1, -0.05) is 48.6 Å². The zero-order chi connectivity index (χ0) is 59.7. The summed E-state index contributed by atoms with van der Waals surface area (Å²) < 4.78 is 31.2. The summed E-state index contributed by atoms with van der Waals surface area (Å²) in [6.07, 6.45) is 9.34. The van der Waals surface area contributed by atoms with Crippen LogP contribution in [0.4, 0.5) is 11.4 Å². The highest BCUT2D eigenvalue weighted by atomic mass is 16.6. The number of rotatable bonds is 11. The van der Waals surface area contributed by atoms with Crippen molar-refractivity contribution in [3.8, 4) is 23.0 Å². The molecule has 6 heterocycles. The van der Waals surface area contributed by atoms with E-state index in [-0.39, 0.29) is 35.4 Å². The van der Waals surface area contributed by atoms with Crippen molar-refractivity contribution in [2.75, 3.05) is 49.2 Å². The van der Waals surface area contributed by atoms with Crippen molar-refractivity contribution in [1.82, 2.24) is 9.15 Å². The predicted octanol–water partition coefficient (Wildman–Crippen LogP) is 12.9. The molecule has 0 saturated heterocycles. The van der Waals surface area contributed by atoms with Crippen molar-refractivity contribution in [3.05, 3.63) is 198 Å². The largest absolute Gasteiger partial charge is 0.458 e. The molecule has 10 heteroatoms. The van der Waals surface area contributed by atoms with Crippen LogP contribution >= 0.6 is 0 Å². The Morgan fingerprint density at radius 2 is 0.810 bits per heavy atom. The summed E-state index contributed by atoms with van der Waals surface area (Å²) in [5.74, 6) is 1.86. The Balaban J connectivity index is 0.908. The number of fused-ring (bicyclic) bond motifs is 8. The molecular formula is C74H80N4O6+2. The molecule has 0 fully saturated rings. The predicted molar refractivity (Wildman–Crippen MR) is 342 cm³/mol. The second-order valence-electron chi connectivity index (χ2n) is 25.7. The van der Waals surface area contributed by atoms with Crippen LogP contribution in [0.5, 0.6) is 23.0 Å². The lowest BCUT2D eigenvalue weighted by molar-refractivity contribution is 0.0265. The van der Waals surface area contributed by atoms with E-state index in [0.29, 0.717) is 11.1 Å². The normalized spacial score (nSPS) is 17.9. The van der Waals surface area contributed by atoms with Gasteiger partial charge >= 0.3 is 11.9 Å². The molecule has 12 rings (SSSR count). The minimum absolute atomic E-state index is 0.160. The molecule has 0 atom stereocenters. The van der Waals surface area contributed by atoms with Crippen LogP contribution in [0.2, 0.25) is 0 Å². The molecule has 0 aromatic heterocycles. The highest BCUT2D eigenvalue weighted by Gasteiger charge is 2.39. The first kappa shape index (κ1) is 56.3. The molecule has 0 amide bonds. The van der Waals surface area contributed by atoms with Crippen molar-refractivity contribution in [1.29, 1.82) is 0 Å². The van der Waals surface area contributed by atoms with Gasteiger partial charge in [0.05, 0.1) is 34.3 Å². The summed E-state index contributed by atoms with van der Waals surface area (Å²) in [4.78, 5) is 34.3. The second-order valence-corrected chi connectivity index (χ2v) is 25.7. The Kier molecular flexibility index (Phi) is 13.6. The van der Waals surface area contributed by atoms with Gasteiger partial charge in [0.1, 0.15) is 49.3 Å². The Morgan fingerprint density at radius 3 is 1.18 bits per heavy atom. The number of hydrogen-bond acceptors (Lipinski definition) is 8. The summed E-state index contributed by atoms with van der Waals surface area (Å²) >= 11 is 0. The van der Waals surface area contributed by atoms with E-state index in [2.05, 4.69) is 203 Å². The molecule has 84 heavy (non-hydrogen) atoms. The van der Waals surface area contributed by atoms with Crippen molar-refractivity contribution in [3.63, 3.8) is 0 Å². The van der Waals surface area contributed by atoms with Crippen LogP contribution in [0.1, 0.15) is 176 Å². The molecule has 6 aliphatic heterocycles. The van der Waals surface area contributed by atoms with Gasteiger partial charge in [-0.2, -0.15) is 0 Å². The van der Waals surface area contributed by atoms with Crippen molar-refractivity contribution in [2.24, 2.45) is 0 Å². The fraction of sp³-hybridized carbons (Fsp3) is 0.351. The van der Waals surface area contributed by atoms with Gasteiger partial charge in [-0.3, -0.25) is 0 Å². The van der Waals surface area contributed by atoms with Crippen LogP contribution in [0.3, 0.4) is 0 Å². The van der Waals surface area contributed by atoms with Gasteiger partial charge in [-0.15, -0.1) is 0 Å². The summed E-state index contributed by atoms with van der Waals surface area (Å²) in [7, 11) is 0. The molecule has 0 aliphatic carbocycles. The third-order valence-electron chi connectivity index (χ3n) is 18.5. The molecule has 0 radical (unpaired) electrons. The smallest absolute Gasteiger partial charge is 0.338 e. The SMILES string of the molecule is CCN1c2cc3c(cc2C(C)=CC1(C)C)C(c1ccccc1C(=O)OCCOC(=O)c1ccccc1C1=c2cc4c(cc2Oc2cc5c(cc21)C(C)=CC(C)(C)N5CC)=[N+](CC)C(C)(C)C=C4C)=c1cc2c(cc1O3)=[N+](CC)C(C)(C)C=C2C. The first-order valence-electron chi connectivity index (χ1n) is 30.2. The fourth-order valence-corrected chi connectivity index (χ4v) is 15.1. The number of hydrogen-bond donors (Lipinski definition) is 0. The van der Waals surface area contributed by atoms with Gasteiger partial charge in [-0.25, -0.2) is 18.7 Å². The van der Waals surface area contributed by atoms with Crippen molar-refractivity contribution < 1.29 is 28.5 Å². The fourth-order valence-electron chi connectivity index (χ4n) is 15.1. The van der Waals surface area contributed by atoms with E-state index in [9.17, 15) is 9.59 Å². The zero-order valence-electron chi connectivity index (χ0n) is 52.0. The summed E-state index contributed by atoms with van der Waals surface area (Å²) in [6, 6.07) is 33.0. The summed E-state index contributed by atoms with van der Waals surface area (Å²) in [5, 5.41) is 4.01. The van der Waals surface area contributed by atoms with Gasteiger partial charge < -0.3 is 28.7 Å². The number of esters is 2. The zero-order valence-corrected chi connectivity index (χ0v) is 52.0. The lowest BCUT2D eigenvalue weighted by Crippen LogP contribution is -2.49. The number of benzene rings is 6. The highest BCUT2D eigenvalue weighted by molar-refractivity contribution is 6.02. The van der Waals surface area contributed by atoms with Crippen molar-refractivity contribution in [2.45, 2.75) is 133 Å². The van der Waals surface area contributed by atoms with Gasteiger partial charge in [0, 0.05) is 119 Å². The van der Waals surface area contributed by atoms with Crippen molar-refractivity contribution >= 4 is 56.8 Å². The molecule has 6 aromatic rings. The third-order valence-corrected chi connectivity index (χ3v) is 18.5. The number of allylic oxidation sites excluding steroid dienone is 4. The van der Waals surface area contributed by atoms with E-state index >= 15 is 0 Å². The Hall–Kier alpha value is -8.24. The van der Waals surface area contributed by atoms with Gasteiger partial charge in [0.15, 0.2) is 11.1 Å². The lowest BCUT2D eigenvalue weighted by atomic mass is 9.83. The molecule has 0 saturated carbocycles. The molecule has 430 valence electrons. The Bertz CT molecular complexity index is 4020. The van der Waals surface area contributed by atoms with E-state index in [4.69, 9.17) is 18.9 Å². The molecule has 10 nitrogen and oxygen atoms in total. The number of likely N-dealkylation sites (N-methyl/N-ethyl adjacent to an activating group) is 4. The summed E-state index contributed by atoms with van der Waals surface area (Å²) in [5.41, 5.74) is 16.4. The van der Waals surface area contributed by atoms with Gasteiger partial charge in [-0.05, 0) is 165 Å². The van der Waals surface area contributed by atoms with Crippen LogP contribution < -0.4 is 49.6 Å². The quantitative estimate of drug-likeness (QED) is 0.0720.